The van der Waals surface area contributed by atoms with E-state index in [1.807, 2.05) is 6.92 Å². The van der Waals surface area contributed by atoms with Crippen molar-refractivity contribution in [3.63, 3.8) is 0 Å². The van der Waals surface area contributed by atoms with Crippen LogP contribution in [0.1, 0.15) is 16.1 Å². The fraction of sp³-hybridized carbons (Fsp3) is 0.188. The Kier molecular flexibility index (Phi) is 4.23. The third kappa shape index (κ3) is 2.73. The summed E-state index contributed by atoms with van der Waals surface area (Å²) in [6.45, 7) is 1.86. The van der Waals surface area contributed by atoms with Crippen LogP contribution in [-0.2, 0) is 0 Å². The molecule has 0 radical (unpaired) electrons. The molecule has 24 heavy (non-hydrogen) atoms. The van der Waals surface area contributed by atoms with Gasteiger partial charge in [0.15, 0.2) is 17.2 Å². The molecule has 2 aromatic heterocycles. The predicted molar refractivity (Wildman–Crippen MR) is 91.1 cm³/mol. The second kappa shape index (κ2) is 6.20. The summed E-state index contributed by atoms with van der Waals surface area (Å²) >= 11 is 3.35. The molecule has 124 valence electrons. The van der Waals surface area contributed by atoms with Crippen LogP contribution < -0.4 is 9.64 Å². The Labute approximate surface area is 146 Å². The molecule has 0 aliphatic heterocycles. The lowest BCUT2D eigenvalue weighted by molar-refractivity contribution is 0.0987. The molecule has 0 spiro atoms. The van der Waals surface area contributed by atoms with Crippen LogP contribution in [-0.4, -0.2) is 34.7 Å². The van der Waals surface area contributed by atoms with Crippen molar-refractivity contribution in [2.24, 2.45) is 0 Å². The first-order chi connectivity index (χ1) is 11.4. The molecular weight excluding hydrogens is 379 g/mol. The molecule has 2 heterocycles. The van der Waals surface area contributed by atoms with Crippen LogP contribution in [0.3, 0.4) is 0 Å². The van der Waals surface area contributed by atoms with E-state index in [2.05, 4.69) is 26.0 Å². The van der Waals surface area contributed by atoms with E-state index in [4.69, 9.17) is 4.74 Å². The summed E-state index contributed by atoms with van der Waals surface area (Å²) in [5.41, 5.74) is 2.25. The Bertz CT molecular complexity index is 941. The quantitative estimate of drug-likeness (QED) is 0.686. The Morgan fingerprint density at radius 3 is 2.83 bits per heavy atom. The number of benzene rings is 1. The third-order valence-electron chi connectivity index (χ3n) is 3.66. The van der Waals surface area contributed by atoms with Gasteiger partial charge in [-0.25, -0.2) is 13.9 Å². The maximum Gasteiger partial charge on any atom is 0.278 e. The predicted octanol–water partition coefficient (Wildman–Crippen LogP) is 3.22. The van der Waals surface area contributed by atoms with E-state index >= 15 is 0 Å². The highest BCUT2D eigenvalue weighted by Crippen LogP contribution is 2.25. The van der Waals surface area contributed by atoms with Gasteiger partial charge in [-0.05, 0) is 46.6 Å². The Balaban J connectivity index is 2.00. The van der Waals surface area contributed by atoms with Gasteiger partial charge in [-0.15, -0.1) is 0 Å². The molecule has 0 saturated heterocycles. The zero-order valence-corrected chi connectivity index (χ0v) is 14.8. The molecule has 0 aliphatic carbocycles. The van der Waals surface area contributed by atoms with Gasteiger partial charge >= 0.3 is 0 Å². The van der Waals surface area contributed by atoms with Crippen LogP contribution in [0.25, 0.3) is 5.65 Å². The molecule has 0 bridgehead atoms. The highest BCUT2D eigenvalue weighted by Gasteiger charge is 2.19. The second-order valence-electron chi connectivity index (χ2n) is 5.21. The van der Waals surface area contributed by atoms with E-state index in [-0.39, 0.29) is 17.4 Å². The maximum atomic E-state index is 13.5. The van der Waals surface area contributed by atoms with Gasteiger partial charge in [0.25, 0.3) is 5.91 Å². The number of carbonyl (C=O) groups is 1. The van der Waals surface area contributed by atoms with Crippen molar-refractivity contribution in [3.05, 3.63) is 52.1 Å². The molecule has 0 atom stereocenters. The van der Waals surface area contributed by atoms with Gasteiger partial charge in [0, 0.05) is 18.8 Å². The molecule has 1 amide bonds. The van der Waals surface area contributed by atoms with Crippen molar-refractivity contribution < 1.29 is 13.9 Å². The number of imidazole rings is 1. The lowest BCUT2D eigenvalue weighted by Crippen LogP contribution is -2.28. The average Bonchev–Trinajstić information content (AvgIpc) is 2.96. The minimum absolute atomic E-state index is 0.0732. The smallest absolute Gasteiger partial charge is 0.278 e. The summed E-state index contributed by atoms with van der Waals surface area (Å²) in [6, 6.07) is 5.90. The van der Waals surface area contributed by atoms with Crippen LogP contribution in [0, 0.1) is 12.7 Å². The summed E-state index contributed by atoms with van der Waals surface area (Å²) in [4.78, 5) is 18.4. The van der Waals surface area contributed by atoms with E-state index in [0.717, 1.165) is 5.56 Å². The normalized spacial score (nSPS) is 10.9. The highest BCUT2D eigenvalue weighted by molar-refractivity contribution is 9.10. The zero-order chi connectivity index (χ0) is 17.4. The van der Waals surface area contributed by atoms with Crippen molar-refractivity contribution in [2.75, 3.05) is 19.1 Å². The molecule has 0 aliphatic rings. The number of aryl methyl sites for hydroxylation is 1. The summed E-state index contributed by atoms with van der Waals surface area (Å²) in [5.74, 6) is -0.738. The number of carbonyl (C=O) groups excluding carboxylic acids is 1. The number of fused-ring (bicyclic) bond motifs is 1. The van der Waals surface area contributed by atoms with Gasteiger partial charge in [0.2, 0.25) is 0 Å². The number of hydrogen-bond donors (Lipinski definition) is 0. The number of anilines is 1. The van der Waals surface area contributed by atoms with Gasteiger partial charge in [-0.2, -0.15) is 5.10 Å². The van der Waals surface area contributed by atoms with E-state index in [1.165, 1.54) is 30.2 Å². The number of rotatable bonds is 3. The molecule has 8 heteroatoms. The first-order valence-electron chi connectivity index (χ1n) is 7.05. The topological polar surface area (TPSA) is 59.7 Å². The Morgan fingerprint density at radius 2 is 2.12 bits per heavy atom. The van der Waals surface area contributed by atoms with Gasteiger partial charge in [0.05, 0.1) is 13.3 Å². The summed E-state index contributed by atoms with van der Waals surface area (Å²) in [6.07, 6.45) is 1.62. The molecule has 0 N–H and O–H groups in total. The van der Waals surface area contributed by atoms with Crippen LogP contribution in [0.2, 0.25) is 0 Å². The van der Waals surface area contributed by atoms with Crippen molar-refractivity contribution in [1.82, 2.24) is 14.6 Å². The lowest BCUT2D eigenvalue weighted by Gasteiger charge is -2.18. The van der Waals surface area contributed by atoms with Crippen molar-refractivity contribution in [2.45, 2.75) is 6.92 Å². The number of ether oxygens (including phenoxy) is 1. The molecular formula is C16H14BrFN4O2. The fourth-order valence-corrected chi connectivity index (χ4v) is 2.70. The molecule has 0 saturated carbocycles. The molecule has 3 aromatic rings. The zero-order valence-electron chi connectivity index (χ0n) is 13.2. The summed E-state index contributed by atoms with van der Waals surface area (Å²) in [7, 11) is 2.97. The number of aromatic nitrogens is 3. The molecule has 6 nitrogen and oxygen atoms in total. The number of halogens is 2. The molecule has 0 unspecified atom stereocenters. The lowest BCUT2D eigenvalue weighted by atomic mass is 10.2. The first kappa shape index (κ1) is 16.4. The number of nitrogens with zero attached hydrogens (tertiary/aromatic N) is 4. The monoisotopic (exact) mass is 392 g/mol. The van der Waals surface area contributed by atoms with Gasteiger partial charge in [0.1, 0.15) is 10.3 Å². The minimum atomic E-state index is -0.486. The van der Waals surface area contributed by atoms with Crippen molar-refractivity contribution in [1.29, 1.82) is 0 Å². The largest absolute Gasteiger partial charge is 0.494 e. The van der Waals surface area contributed by atoms with Crippen LogP contribution in [0.5, 0.6) is 5.75 Å². The highest BCUT2D eigenvalue weighted by atomic mass is 79.9. The van der Waals surface area contributed by atoms with Crippen LogP contribution >= 0.6 is 15.9 Å². The SMILES string of the molecule is COc1cc(N(C)C(=O)c2cc(C)c3ncc(Br)n3n2)ccc1F. The molecule has 0 fully saturated rings. The summed E-state index contributed by atoms with van der Waals surface area (Å²) < 4.78 is 20.7. The maximum absolute atomic E-state index is 13.5. The molecule has 3 rings (SSSR count). The number of amides is 1. The van der Waals surface area contributed by atoms with E-state index in [0.29, 0.717) is 15.9 Å². The van der Waals surface area contributed by atoms with Crippen LogP contribution in [0.15, 0.2) is 35.1 Å². The number of hydrogen-bond acceptors (Lipinski definition) is 4. The Hall–Kier alpha value is -2.48. The van der Waals surface area contributed by atoms with Crippen LogP contribution in [0.4, 0.5) is 10.1 Å². The summed E-state index contributed by atoms with van der Waals surface area (Å²) in [5, 5.41) is 4.31. The standard InChI is InChI=1S/C16H14BrFN4O2/c1-9-6-12(20-22-14(17)8-19-15(9)22)16(23)21(2)10-4-5-11(18)13(7-10)24-3/h4-8H,1-3H3. The second-order valence-corrected chi connectivity index (χ2v) is 6.02. The van der Waals surface area contributed by atoms with E-state index in [9.17, 15) is 9.18 Å². The van der Waals surface area contributed by atoms with Crippen molar-refractivity contribution >= 4 is 33.2 Å². The van der Waals surface area contributed by atoms with E-state index < -0.39 is 5.82 Å². The third-order valence-corrected chi connectivity index (χ3v) is 4.20. The van der Waals surface area contributed by atoms with Gasteiger partial charge in [-0.3, -0.25) is 4.79 Å². The first-order valence-corrected chi connectivity index (χ1v) is 7.84. The van der Waals surface area contributed by atoms with E-state index in [1.54, 1.807) is 23.8 Å². The average molecular weight is 393 g/mol. The van der Waals surface area contributed by atoms with Gasteiger partial charge < -0.3 is 9.64 Å². The van der Waals surface area contributed by atoms with Gasteiger partial charge in [-0.1, -0.05) is 0 Å². The van der Waals surface area contributed by atoms with Crippen molar-refractivity contribution in [3.8, 4) is 5.75 Å². The fourth-order valence-electron chi connectivity index (χ4n) is 2.35. The Morgan fingerprint density at radius 1 is 1.38 bits per heavy atom. The number of methoxy groups -OCH3 is 1. The molecule has 1 aromatic carbocycles. The minimum Gasteiger partial charge on any atom is -0.494 e.